The van der Waals surface area contributed by atoms with E-state index in [0.717, 1.165) is 16.0 Å². The molecule has 0 unspecified atom stereocenters. The third kappa shape index (κ3) is 6.53. The Morgan fingerprint density at radius 3 is 2.44 bits per heavy atom. The second-order valence-electron chi connectivity index (χ2n) is 8.72. The average Bonchev–Trinajstić information content (AvgIpc) is 2.89. The molecule has 1 aliphatic heterocycles. The van der Waals surface area contributed by atoms with Gasteiger partial charge < -0.3 is 14.8 Å². The Morgan fingerprint density at radius 2 is 1.74 bits per heavy atom. The van der Waals surface area contributed by atoms with E-state index in [1.54, 1.807) is 42.5 Å². The van der Waals surface area contributed by atoms with Gasteiger partial charge in [-0.15, -0.1) is 0 Å². The van der Waals surface area contributed by atoms with E-state index >= 15 is 0 Å². The third-order valence-electron chi connectivity index (χ3n) is 5.79. The number of rotatable bonds is 8. The van der Waals surface area contributed by atoms with Crippen LogP contribution in [0.5, 0.6) is 11.5 Å². The van der Waals surface area contributed by atoms with Gasteiger partial charge in [-0.05, 0) is 80.9 Å². The minimum absolute atomic E-state index is 0.270. The van der Waals surface area contributed by atoms with Crippen LogP contribution < -0.4 is 25.0 Å². The Morgan fingerprint density at radius 1 is 1.00 bits per heavy atom. The maximum Gasteiger partial charge on any atom is 0.335 e. The predicted molar refractivity (Wildman–Crippen MR) is 151 cm³/mol. The molecule has 1 heterocycles. The highest BCUT2D eigenvalue weighted by Crippen LogP contribution is 2.29. The van der Waals surface area contributed by atoms with E-state index in [-0.39, 0.29) is 29.5 Å². The van der Waals surface area contributed by atoms with Crippen LogP contribution in [0.2, 0.25) is 0 Å². The predicted octanol–water partition coefficient (Wildman–Crippen LogP) is 5.15. The summed E-state index contributed by atoms with van der Waals surface area (Å²) >= 11 is 3.38. The minimum atomic E-state index is -0.861. The van der Waals surface area contributed by atoms with Gasteiger partial charge in [0.15, 0.2) is 6.61 Å². The molecule has 2 N–H and O–H groups in total. The quantitative estimate of drug-likeness (QED) is 0.277. The zero-order chi connectivity index (χ0) is 28.1. The van der Waals surface area contributed by atoms with E-state index in [2.05, 4.69) is 26.6 Å². The summed E-state index contributed by atoms with van der Waals surface area (Å²) in [6, 6.07) is 16.1. The van der Waals surface area contributed by atoms with Gasteiger partial charge in [-0.1, -0.05) is 33.6 Å². The summed E-state index contributed by atoms with van der Waals surface area (Å²) < 4.78 is 11.8. The summed E-state index contributed by atoms with van der Waals surface area (Å²) in [7, 11) is 0. The number of benzene rings is 3. The molecule has 0 saturated carbocycles. The number of urea groups is 1. The van der Waals surface area contributed by atoms with Crippen molar-refractivity contribution >= 4 is 57.1 Å². The molecule has 200 valence electrons. The monoisotopic (exact) mass is 591 g/mol. The van der Waals surface area contributed by atoms with E-state index in [4.69, 9.17) is 9.47 Å². The molecule has 0 aromatic heterocycles. The highest BCUT2D eigenvalue weighted by atomic mass is 79.9. The van der Waals surface area contributed by atoms with Crippen molar-refractivity contribution in [1.82, 2.24) is 5.32 Å². The number of imide groups is 2. The van der Waals surface area contributed by atoms with Crippen LogP contribution in [0.1, 0.15) is 23.6 Å². The van der Waals surface area contributed by atoms with Crippen molar-refractivity contribution < 1.29 is 28.7 Å². The molecule has 0 bridgehead atoms. The number of nitrogens with one attached hydrogen (secondary N) is 2. The second-order valence-corrected chi connectivity index (χ2v) is 9.64. The van der Waals surface area contributed by atoms with E-state index in [0.29, 0.717) is 28.1 Å². The maximum absolute atomic E-state index is 13.3. The number of nitrogens with zero attached hydrogens (tertiary/aromatic N) is 1. The first kappa shape index (κ1) is 27.6. The first-order valence-electron chi connectivity index (χ1n) is 12.1. The van der Waals surface area contributed by atoms with Gasteiger partial charge in [-0.3, -0.25) is 19.7 Å². The average molecular weight is 592 g/mol. The molecule has 0 spiro atoms. The number of amides is 5. The zero-order valence-corrected chi connectivity index (χ0v) is 23.1. The number of aryl methyl sites for hydroxylation is 2. The number of carbonyl (C=O) groups is 4. The van der Waals surface area contributed by atoms with Crippen LogP contribution in [0.15, 0.2) is 70.7 Å². The molecule has 3 aromatic rings. The van der Waals surface area contributed by atoms with E-state index in [9.17, 15) is 19.2 Å². The lowest BCUT2D eigenvalue weighted by Gasteiger charge is -2.26. The molecule has 0 aliphatic carbocycles. The van der Waals surface area contributed by atoms with Crippen LogP contribution in [-0.4, -0.2) is 37.0 Å². The molecule has 0 atom stereocenters. The topological polar surface area (TPSA) is 114 Å². The molecule has 1 fully saturated rings. The molecule has 3 aromatic carbocycles. The summed E-state index contributed by atoms with van der Waals surface area (Å²) in [6.45, 7) is 5.87. The third-order valence-corrected chi connectivity index (χ3v) is 6.29. The number of barbiturate groups is 1. The lowest BCUT2D eigenvalue weighted by atomic mass is 10.1. The van der Waals surface area contributed by atoms with Crippen molar-refractivity contribution in [1.29, 1.82) is 0 Å². The number of hydrogen-bond acceptors (Lipinski definition) is 6. The minimum Gasteiger partial charge on any atom is -0.494 e. The van der Waals surface area contributed by atoms with Crippen molar-refractivity contribution in [3.05, 3.63) is 87.4 Å². The highest BCUT2D eigenvalue weighted by molar-refractivity contribution is 9.10. The molecule has 4 rings (SSSR count). The summed E-state index contributed by atoms with van der Waals surface area (Å²) in [4.78, 5) is 52.0. The number of anilines is 2. The van der Waals surface area contributed by atoms with Crippen LogP contribution >= 0.6 is 15.9 Å². The Kier molecular flexibility index (Phi) is 8.46. The van der Waals surface area contributed by atoms with Gasteiger partial charge in [0.1, 0.15) is 17.1 Å². The second kappa shape index (κ2) is 12.0. The summed E-state index contributed by atoms with van der Waals surface area (Å²) in [5.74, 6) is -1.17. The number of carbonyl (C=O) groups excluding carboxylic acids is 4. The van der Waals surface area contributed by atoms with E-state index in [1.165, 1.54) is 6.08 Å². The summed E-state index contributed by atoms with van der Waals surface area (Å²) in [5.41, 5.74) is 3.04. The van der Waals surface area contributed by atoms with Gasteiger partial charge in [0.2, 0.25) is 0 Å². The van der Waals surface area contributed by atoms with Crippen LogP contribution in [0.4, 0.5) is 16.2 Å². The van der Waals surface area contributed by atoms with Gasteiger partial charge in [-0.2, -0.15) is 0 Å². The number of ether oxygens (including phenoxy) is 2. The number of halogens is 1. The van der Waals surface area contributed by atoms with Crippen molar-refractivity contribution in [2.24, 2.45) is 0 Å². The molecule has 5 amide bonds. The molecule has 9 nitrogen and oxygen atoms in total. The van der Waals surface area contributed by atoms with Gasteiger partial charge in [-0.25, -0.2) is 9.69 Å². The molecule has 1 saturated heterocycles. The molecule has 39 heavy (non-hydrogen) atoms. The van der Waals surface area contributed by atoms with E-state index in [1.807, 2.05) is 39.0 Å². The van der Waals surface area contributed by atoms with Crippen molar-refractivity contribution in [3.8, 4) is 11.5 Å². The molecular weight excluding hydrogens is 566 g/mol. The summed E-state index contributed by atoms with van der Waals surface area (Å²) in [5, 5.41) is 5.01. The fourth-order valence-corrected chi connectivity index (χ4v) is 4.33. The highest BCUT2D eigenvalue weighted by Gasteiger charge is 2.37. The zero-order valence-electron chi connectivity index (χ0n) is 21.5. The lowest BCUT2D eigenvalue weighted by Crippen LogP contribution is -2.54. The first-order chi connectivity index (χ1) is 18.7. The standard InChI is InChI=1S/C29H26BrN3O6/c1-4-38-22-9-7-21(8-10-22)33-28(36)23(27(35)32-29(33)37)15-19-14-20(30)6-12-25(19)39-16-26(34)31-24-11-5-17(2)13-18(24)3/h5-15H,4,16H2,1-3H3,(H,31,34)(H,32,35,37)/b23-15+. The maximum atomic E-state index is 13.3. The van der Waals surface area contributed by atoms with Crippen LogP contribution in [-0.2, 0) is 14.4 Å². The van der Waals surface area contributed by atoms with Crippen molar-refractivity contribution in [3.63, 3.8) is 0 Å². The van der Waals surface area contributed by atoms with Crippen molar-refractivity contribution in [2.45, 2.75) is 20.8 Å². The SMILES string of the molecule is CCOc1ccc(N2C(=O)NC(=O)/C(=C\c3cc(Br)ccc3OCC(=O)Nc3ccc(C)cc3C)C2=O)cc1. The van der Waals surface area contributed by atoms with Crippen molar-refractivity contribution in [2.75, 3.05) is 23.4 Å². The Hall–Kier alpha value is -4.44. The van der Waals surface area contributed by atoms with Gasteiger partial charge >= 0.3 is 6.03 Å². The van der Waals surface area contributed by atoms with Crippen LogP contribution in [0.25, 0.3) is 6.08 Å². The van der Waals surface area contributed by atoms with Crippen LogP contribution in [0, 0.1) is 13.8 Å². The largest absolute Gasteiger partial charge is 0.494 e. The number of hydrogen-bond donors (Lipinski definition) is 2. The molecule has 0 radical (unpaired) electrons. The Labute approximate surface area is 233 Å². The first-order valence-corrected chi connectivity index (χ1v) is 12.9. The fraction of sp³-hybridized carbons (Fsp3) is 0.172. The Bertz CT molecular complexity index is 1480. The van der Waals surface area contributed by atoms with E-state index < -0.39 is 17.8 Å². The van der Waals surface area contributed by atoms with Gasteiger partial charge in [0.05, 0.1) is 12.3 Å². The Balaban J connectivity index is 1.56. The molecular formula is C29H26BrN3O6. The van der Waals surface area contributed by atoms with Gasteiger partial charge in [0, 0.05) is 15.7 Å². The normalized spacial score (nSPS) is 14.3. The molecule has 1 aliphatic rings. The smallest absolute Gasteiger partial charge is 0.335 e. The summed E-state index contributed by atoms with van der Waals surface area (Å²) in [6.07, 6.45) is 1.33. The molecule has 10 heteroatoms. The van der Waals surface area contributed by atoms with Crippen LogP contribution in [0.3, 0.4) is 0 Å². The fourth-order valence-electron chi connectivity index (χ4n) is 3.95. The lowest BCUT2D eigenvalue weighted by molar-refractivity contribution is -0.122. The van der Waals surface area contributed by atoms with Gasteiger partial charge in [0.25, 0.3) is 17.7 Å².